The van der Waals surface area contributed by atoms with Gasteiger partial charge in [0.1, 0.15) is 5.75 Å². The Kier molecular flexibility index (Phi) is 5.36. The van der Waals surface area contributed by atoms with Crippen molar-refractivity contribution in [3.63, 3.8) is 0 Å². The molecule has 0 aliphatic heterocycles. The van der Waals surface area contributed by atoms with E-state index in [-0.39, 0.29) is 18.0 Å². The standard InChI is InChI=1S/C18H20N2O3/c1-12-10-13(2)20-18(22)15(12)11-19-17(21)9-8-14-6-4-5-7-16(14)23-3/h4-10H,11H2,1-3H3,(H,19,21)(H,20,22). The third kappa shape index (κ3) is 4.32. The highest BCUT2D eigenvalue weighted by Gasteiger charge is 2.06. The lowest BCUT2D eigenvalue weighted by Crippen LogP contribution is -2.26. The molecule has 0 bridgehead atoms. The molecular formula is C18H20N2O3. The van der Waals surface area contributed by atoms with Crippen LogP contribution in [0.3, 0.4) is 0 Å². The number of hydrogen-bond acceptors (Lipinski definition) is 3. The zero-order valence-corrected chi connectivity index (χ0v) is 13.5. The molecule has 23 heavy (non-hydrogen) atoms. The van der Waals surface area contributed by atoms with Crippen LogP contribution < -0.4 is 15.6 Å². The summed E-state index contributed by atoms with van der Waals surface area (Å²) in [5, 5.41) is 2.72. The lowest BCUT2D eigenvalue weighted by molar-refractivity contribution is -0.116. The minimum absolute atomic E-state index is 0.170. The van der Waals surface area contributed by atoms with Gasteiger partial charge in [0, 0.05) is 29.4 Å². The van der Waals surface area contributed by atoms with Crippen LogP contribution in [0.5, 0.6) is 5.75 Å². The molecule has 0 fully saturated rings. The molecule has 0 unspecified atom stereocenters. The SMILES string of the molecule is COc1ccccc1C=CC(=O)NCc1c(C)cc(C)[nH]c1=O. The number of aryl methyl sites for hydroxylation is 2. The molecule has 0 radical (unpaired) electrons. The van der Waals surface area contributed by atoms with E-state index in [0.717, 1.165) is 16.8 Å². The molecule has 1 amide bonds. The van der Waals surface area contributed by atoms with E-state index < -0.39 is 0 Å². The van der Waals surface area contributed by atoms with Crippen LogP contribution in [-0.4, -0.2) is 18.0 Å². The fourth-order valence-corrected chi connectivity index (χ4v) is 2.31. The summed E-state index contributed by atoms with van der Waals surface area (Å²) in [4.78, 5) is 26.6. The number of hydrogen-bond donors (Lipinski definition) is 2. The number of amides is 1. The normalized spacial score (nSPS) is 10.7. The zero-order chi connectivity index (χ0) is 16.8. The van der Waals surface area contributed by atoms with Gasteiger partial charge in [-0.05, 0) is 37.6 Å². The number of benzene rings is 1. The maximum atomic E-state index is 11.9. The third-order valence-electron chi connectivity index (χ3n) is 3.49. The summed E-state index contributed by atoms with van der Waals surface area (Å²) in [6.45, 7) is 3.87. The Morgan fingerprint density at radius 3 is 2.74 bits per heavy atom. The molecule has 1 aromatic heterocycles. The van der Waals surface area contributed by atoms with Crippen molar-refractivity contribution in [2.45, 2.75) is 20.4 Å². The van der Waals surface area contributed by atoms with Gasteiger partial charge in [-0.2, -0.15) is 0 Å². The van der Waals surface area contributed by atoms with E-state index in [4.69, 9.17) is 4.74 Å². The molecule has 2 N–H and O–H groups in total. The minimum Gasteiger partial charge on any atom is -0.496 e. The molecule has 0 aliphatic rings. The minimum atomic E-state index is -0.268. The Labute approximate surface area is 135 Å². The average molecular weight is 312 g/mol. The largest absolute Gasteiger partial charge is 0.496 e. The van der Waals surface area contributed by atoms with Crippen LogP contribution in [0.1, 0.15) is 22.4 Å². The number of aromatic nitrogens is 1. The summed E-state index contributed by atoms with van der Waals surface area (Å²) in [6, 6.07) is 9.30. The Morgan fingerprint density at radius 2 is 2.04 bits per heavy atom. The van der Waals surface area contributed by atoms with Crippen molar-refractivity contribution in [2.75, 3.05) is 7.11 Å². The van der Waals surface area contributed by atoms with E-state index in [1.807, 2.05) is 44.2 Å². The van der Waals surface area contributed by atoms with Crippen molar-refractivity contribution in [1.29, 1.82) is 0 Å². The van der Waals surface area contributed by atoms with E-state index in [0.29, 0.717) is 11.3 Å². The summed E-state index contributed by atoms with van der Waals surface area (Å²) in [5.41, 5.74) is 2.87. The lowest BCUT2D eigenvalue weighted by atomic mass is 10.1. The number of aromatic amines is 1. The topological polar surface area (TPSA) is 71.2 Å². The van der Waals surface area contributed by atoms with Crippen molar-refractivity contribution >= 4 is 12.0 Å². The van der Waals surface area contributed by atoms with Gasteiger partial charge in [-0.1, -0.05) is 18.2 Å². The molecule has 1 aromatic carbocycles. The first kappa shape index (κ1) is 16.5. The van der Waals surface area contributed by atoms with E-state index in [1.54, 1.807) is 13.2 Å². The van der Waals surface area contributed by atoms with Crippen LogP contribution in [0.15, 0.2) is 41.2 Å². The molecule has 5 nitrogen and oxygen atoms in total. The summed E-state index contributed by atoms with van der Waals surface area (Å²) >= 11 is 0. The quantitative estimate of drug-likeness (QED) is 0.832. The second-order valence-electron chi connectivity index (χ2n) is 5.24. The van der Waals surface area contributed by atoms with E-state index >= 15 is 0 Å². The third-order valence-corrected chi connectivity index (χ3v) is 3.49. The zero-order valence-electron chi connectivity index (χ0n) is 13.5. The predicted molar refractivity (Wildman–Crippen MR) is 90.4 cm³/mol. The molecule has 0 saturated carbocycles. The van der Waals surface area contributed by atoms with Crippen molar-refractivity contribution in [3.8, 4) is 5.75 Å². The van der Waals surface area contributed by atoms with Gasteiger partial charge >= 0.3 is 0 Å². The first-order chi connectivity index (χ1) is 11.0. The van der Waals surface area contributed by atoms with Crippen LogP contribution in [-0.2, 0) is 11.3 Å². The van der Waals surface area contributed by atoms with Gasteiger partial charge < -0.3 is 15.0 Å². The van der Waals surface area contributed by atoms with Crippen molar-refractivity contribution in [3.05, 3.63) is 69.1 Å². The van der Waals surface area contributed by atoms with Gasteiger partial charge in [0.2, 0.25) is 5.91 Å². The Bertz CT molecular complexity index is 791. The van der Waals surface area contributed by atoms with Crippen LogP contribution in [0.2, 0.25) is 0 Å². The summed E-state index contributed by atoms with van der Waals surface area (Å²) < 4.78 is 5.22. The monoisotopic (exact) mass is 312 g/mol. The molecule has 2 aromatic rings. The number of ether oxygens (including phenoxy) is 1. The number of methoxy groups -OCH3 is 1. The highest BCUT2D eigenvalue weighted by atomic mass is 16.5. The van der Waals surface area contributed by atoms with Crippen LogP contribution >= 0.6 is 0 Å². The number of H-pyrrole nitrogens is 1. The molecule has 1 heterocycles. The molecule has 0 aliphatic carbocycles. The van der Waals surface area contributed by atoms with Crippen molar-refractivity contribution in [1.82, 2.24) is 10.3 Å². The summed E-state index contributed by atoms with van der Waals surface area (Å²) in [7, 11) is 1.58. The van der Waals surface area contributed by atoms with Gasteiger partial charge in [-0.25, -0.2) is 0 Å². The summed E-state index contributed by atoms with van der Waals surface area (Å²) in [6.07, 6.45) is 3.11. The maximum absolute atomic E-state index is 11.9. The van der Waals surface area contributed by atoms with E-state index in [1.165, 1.54) is 6.08 Å². The fraction of sp³-hybridized carbons (Fsp3) is 0.222. The van der Waals surface area contributed by atoms with Crippen LogP contribution in [0.4, 0.5) is 0 Å². The fourth-order valence-electron chi connectivity index (χ4n) is 2.31. The van der Waals surface area contributed by atoms with E-state index in [9.17, 15) is 9.59 Å². The highest BCUT2D eigenvalue weighted by molar-refractivity contribution is 5.92. The number of carbonyl (C=O) groups is 1. The summed E-state index contributed by atoms with van der Waals surface area (Å²) in [5.74, 6) is 0.428. The Balaban J connectivity index is 2.03. The highest BCUT2D eigenvalue weighted by Crippen LogP contribution is 2.18. The first-order valence-corrected chi connectivity index (χ1v) is 7.29. The Hall–Kier alpha value is -2.82. The number of carbonyl (C=O) groups excluding carboxylic acids is 1. The number of pyridine rings is 1. The number of rotatable bonds is 5. The molecule has 0 saturated heterocycles. The van der Waals surface area contributed by atoms with Gasteiger partial charge in [0.05, 0.1) is 7.11 Å². The predicted octanol–water partition coefficient (Wildman–Crippen LogP) is 2.33. The van der Waals surface area contributed by atoms with Gasteiger partial charge in [-0.15, -0.1) is 0 Å². The van der Waals surface area contributed by atoms with Crippen molar-refractivity contribution in [2.24, 2.45) is 0 Å². The number of nitrogens with one attached hydrogen (secondary N) is 2. The van der Waals surface area contributed by atoms with Gasteiger partial charge in [-0.3, -0.25) is 9.59 Å². The number of para-hydroxylation sites is 1. The van der Waals surface area contributed by atoms with Crippen LogP contribution in [0.25, 0.3) is 6.08 Å². The molecule has 0 spiro atoms. The molecule has 2 rings (SSSR count). The van der Waals surface area contributed by atoms with Crippen LogP contribution in [0, 0.1) is 13.8 Å². The Morgan fingerprint density at radius 1 is 1.30 bits per heavy atom. The average Bonchev–Trinajstić information content (AvgIpc) is 2.52. The smallest absolute Gasteiger partial charge is 0.253 e. The van der Waals surface area contributed by atoms with Crippen molar-refractivity contribution < 1.29 is 9.53 Å². The second kappa shape index (κ2) is 7.45. The first-order valence-electron chi connectivity index (χ1n) is 7.29. The van der Waals surface area contributed by atoms with Gasteiger partial charge in [0.15, 0.2) is 0 Å². The van der Waals surface area contributed by atoms with Gasteiger partial charge in [0.25, 0.3) is 5.56 Å². The molecule has 120 valence electrons. The molecule has 5 heteroatoms. The molecular weight excluding hydrogens is 292 g/mol. The second-order valence-corrected chi connectivity index (χ2v) is 5.24. The lowest BCUT2D eigenvalue weighted by Gasteiger charge is -2.07. The molecule has 0 atom stereocenters. The maximum Gasteiger partial charge on any atom is 0.253 e. The van der Waals surface area contributed by atoms with E-state index in [2.05, 4.69) is 10.3 Å².